The summed E-state index contributed by atoms with van der Waals surface area (Å²) in [6, 6.07) is 6.78. The quantitative estimate of drug-likeness (QED) is 0.592. The summed E-state index contributed by atoms with van der Waals surface area (Å²) in [5, 5.41) is 22.8. The van der Waals surface area contributed by atoms with Gasteiger partial charge in [-0.25, -0.2) is 9.80 Å². The van der Waals surface area contributed by atoms with E-state index in [1.165, 1.54) is 0 Å². The highest BCUT2D eigenvalue weighted by Gasteiger charge is 2.28. The molecular formula is C20H30N2O4. The number of benzene rings is 1. The van der Waals surface area contributed by atoms with Gasteiger partial charge in [-0.3, -0.25) is 9.80 Å². The van der Waals surface area contributed by atoms with Crippen molar-refractivity contribution in [1.82, 2.24) is 10.0 Å². The second-order valence-corrected chi connectivity index (χ2v) is 6.91. The number of unbranched alkanes of at least 4 members (excludes halogenated alkanes) is 2. The molecule has 0 spiro atoms. The molecule has 1 aromatic rings. The Kier molecular flexibility index (Phi) is 8.06. The number of carboxylic acid groups (broad SMARTS) is 1. The van der Waals surface area contributed by atoms with Gasteiger partial charge in [-0.05, 0) is 37.0 Å². The summed E-state index contributed by atoms with van der Waals surface area (Å²) in [6.07, 6.45) is 5.74. The van der Waals surface area contributed by atoms with Crippen LogP contribution in [-0.2, 0) is 11.2 Å². The molecule has 1 aromatic carbocycles. The van der Waals surface area contributed by atoms with E-state index in [2.05, 4.69) is 6.92 Å². The largest absolute Gasteiger partial charge is 0.478 e. The van der Waals surface area contributed by atoms with E-state index >= 15 is 0 Å². The summed E-state index contributed by atoms with van der Waals surface area (Å²) in [7, 11) is 0. The first kappa shape index (κ1) is 20.4. The molecule has 1 fully saturated rings. The number of carboxylic acids is 1. The fourth-order valence-corrected chi connectivity index (χ4v) is 3.25. The maximum Gasteiger partial charge on any atom is 0.335 e. The van der Waals surface area contributed by atoms with Crippen molar-refractivity contribution in [3.8, 4) is 0 Å². The highest BCUT2D eigenvalue weighted by molar-refractivity contribution is 5.87. The van der Waals surface area contributed by atoms with Crippen molar-refractivity contribution in [3.05, 3.63) is 35.4 Å². The van der Waals surface area contributed by atoms with Crippen LogP contribution < -0.4 is 0 Å². The van der Waals surface area contributed by atoms with Crippen molar-refractivity contribution in [3.63, 3.8) is 0 Å². The van der Waals surface area contributed by atoms with Crippen molar-refractivity contribution < 1.29 is 19.8 Å². The Morgan fingerprint density at radius 3 is 2.54 bits per heavy atom. The van der Waals surface area contributed by atoms with Crippen LogP contribution >= 0.6 is 0 Å². The van der Waals surface area contributed by atoms with Gasteiger partial charge < -0.3 is 10.2 Å². The van der Waals surface area contributed by atoms with Crippen molar-refractivity contribution in [1.29, 1.82) is 0 Å². The van der Waals surface area contributed by atoms with Crippen LogP contribution in [-0.4, -0.2) is 57.8 Å². The fourth-order valence-electron chi connectivity index (χ4n) is 3.25. The average molecular weight is 362 g/mol. The lowest BCUT2D eigenvalue weighted by Crippen LogP contribution is -2.41. The summed E-state index contributed by atoms with van der Waals surface area (Å²) >= 11 is 0. The Labute approximate surface area is 155 Å². The SMILES string of the molecule is CCCCCC(O)CCN1CCC(=O)N1CCc1ccc(C(=O)O)cc1. The minimum atomic E-state index is -0.935. The van der Waals surface area contributed by atoms with E-state index in [4.69, 9.17) is 5.11 Å². The van der Waals surface area contributed by atoms with Gasteiger partial charge in [-0.1, -0.05) is 38.3 Å². The normalized spacial score (nSPS) is 16.2. The van der Waals surface area contributed by atoms with E-state index < -0.39 is 5.97 Å². The lowest BCUT2D eigenvalue weighted by molar-refractivity contribution is -0.138. The topological polar surface area (TPSA) is 81.1 Å². The van der Waals surface area contributed by atoms with Crippen LogP contribution in [0.1, 0.15) is 61.4 Å². The number of aliphatic hydroxyl groups excluding tert-OH is 1. The summed E-state index contributed by atoms with van der Waals surface area (Å²) in [5.41, 5.74) is 1.28. The van der Waals surface area contributed by atoms with Gasteiger partial charge in [0.25, 0.3) is 0 Å². The van der Waals surface area contributed by atoms with Crippen molar-refractivity contribution >= 4 is 11.9 Å². The first-order chi connectivity index (χ1) is 12.5. The Hall–Kier alpha value is -1.92. The van der Waals surface area contributed by atoms with Gasteiger partial charge in [0.15, 0.2) is 0 Å². The zero-order chi connectivity index (χ0) is 18.9. The minimum absolute atomic E-state index is 0.118. The molecule has 1 heterocycles. The molecule has 1 saturated heterocycles. The molecule has 0 aromatic heterocycles. The smallest absolute Gasteiger partial charge is 0.335 e. The van der Waals surface area contributed by atoms with E-state index in [1.807, 2.05) is 5.01 Å². The molecule has 1 aliphatic rings. The number of rotatable bonds is 11. The van der Waals surface area contributed by atoms with Gasteiger partial charge in [-0.15, -0.1) is 0 Å². The number of hydrogen-bond donors (Lipinski definition) is 2. The molecule has 26 heavy (non-hydrogen) atoms. The van der Waals surface area contributed by atoms with Crippen molar-refractivity contribution in [2.75, 3.05) is 19.6 Å². The van der Waals surface area contributed by atoms with Gasteiger partial charge in [0.2, 0.25) is 5.91 Å². The minimum Gasteiger partial charge on any atom is -0.478 e. The number of carbonyl (C=O) groups excluding carboxylic acids is 1. The molecule has 0 aliphatic carbocycles. The molecule has 1 atom stereocenters. The predicted molar refractivity (Wildman–Crippen MR) is 99.8 cm³/mol. The molecule has 2 N–H and O–H groups in total. The van der Waals surface area contributed by atoms with Crippen LogP contribution in [0, 0.1) is 0 Å². The Balaban J connectivity index is 1.80. The Morgan fingerprint density at radius 1 is 1.15 bits per heavy atom. The highest BCUT2D eigenvalue weighted by Crippen LogP contribution is 2.16. The molecule has 0 bridgehead atoms. The van der Waals surface area contributed by atoms with Crippen LogP contribution in [0.4, 0.5) is 0 Å². The molecule has 6 heteroatoms. The highest BCUT2D eigenvalue weighted by atomic mass is 16.4. The first-order valence-corrected chi connectivity index (χ1v) is 9.56. The maximum atomic E-state index is 12.1. The molecule has 0 saturated carbocycles. The summed E-state index contributed by atoms with van der Waals surface area (Å²) < 4.78 is 0. The van der Waals surface area contributed by atoms with Gasteiger partial charge in [0.1, 0.15) is 0 Å². The fraction of sp³-hybridized carbons (Fsp3) is 0.600. The van der Waals surface area contributed by atoms with Crippen LogP contribution in [0.5, 0.6) is 0 Å². The number of hydrazine groups is 1. The van der Waals surface area contributed by atoms with Crippen LogP contribution in [0.25, 0.3) is 0 Å². The van der Waals surface area contributed by atoms with Crippen molar-refractivity contribution in [2.24, 2.45) is 0 Å². The van der Waals surface area contributed by atoms with E-state index in [0.717, 1.165) is 31.2 Å². The third-order valence-electron chi connectivity index (χ3n) is 4.89. The van der Waals surface area contributed by atoms with Gasteiger partial charge in [-0.2, -0.15) is 0 Å². The number of carbonyl (C=O) groups is 2. The lowest BCUT2D eigenvalue weighted by Gasteiger charge is -2.28. The number of hydrogen-bond acceptors (Lipinski definition) is 4. The van der Waals surface area contributed by atoms with Crippen molar-refractivity contribution in [2.45, 2.75) is 58.0 Å². The van der Waals surface area contributed by atoms with E-state index in [-0.39, 0.29) is 17.6 Å². The number of amides is 1. The van der Waals surface area contributed by atoms with Crippen LogP contribution in [0.2, 0.25) is 0 Å². The summed E-state index contributed by atoms with van der Waals surface area (Å²) in [4.78, 5) is 23.0. The second-order valence-electron chi connectivity index (χ2n) is 6.91. The van der Waals surface area contributed by atoms with E-state index in [9.17, 15) is 14.7 Å². The zero-order valence-electron chi connectivity index (χ0n) is 15.6. The Bertz CT molecular complexity index is 588. The third kappa shape index (κ3) is 6.11. The molecule has 144 valence electrons. The monoisotopic (exact) mass is 362 g/mol. The molecule has 1 unspecified atom stereocenters. The van der Waals surface area contributed by atoms with Gasteiger partial charge in [0, 0.05) is 26.1 Å². The molecule has 2 rings (SSSR count). The molecular weight excluding hydrogens is 332 g/mol. The summed E-state index contributed by atoms with van der Waals surface area (Å²) in [6.45, 7) is 4.13. The maximum absolute atomic E-state index is 12.1. The average Bonchev–Trinajstić information content (AvgIpc) is 2.98. The number of aliphatic hydroxyl groups is 1. The molecule has 1 aliphatic heterocycles. The van der Waals surface area contributed by atoms with Crippen LogP contribution in [0.3, 0.4) is 0 Å². The van der Waals surface area contributed by atoms with E-state index in [1.54, 1.807) is 29.3 Å². The molecule has 1 amide bonds. The second kappa shape index (κ2) is 10.3. The third-order valence-corrected chi connectivity index (χ3v) is 4.89. The number of aromatic carboxylic acids is 1. The lowest BCUT2D eigenvalue weighted by atomic mass is 10.1. The molecule has 0 radical (unpaired) electrons. The first-order valence-electron chi connectivity index (χ1n) is 9.56. The summed E-state index contributed by atoms with van der Waals surface area (Å²) in [5.74, 6) is -0.817. The van der Waals surface area contributed by atoms with Gasteiger partial charge >= 0.3 is 5.97 Å². The predicted octanol–water partition coefficient (Wildman–Crippen LogP) is 2.71. The molecule has 6 nitrogen and oxygen atoms in total. The van der Waals surface area contributed by atoms with Gasteiger partial charge in [0.05, 0.1) is 11.7 Å². The van der Waals surface area contributed by atoms with Crippen LogP contribution in [0.15, 0.2) is 24.3 Å². The Morgan fingerprint density at radius 2 is 1.88 bits per heavy atom. The standard InChI is InChI=1S/C20H30N2O4/c1-2-3-4-5-18(23)11-13-21-14-12-19(24)22(21)15-10-16-6-8-17(9-7-16)20(25)26/h6-9,18,23H,2-5,10-15H2,1H3,(H,25,26). The van der Waals surface area contributed by atoms with E-state index in [0.29, 0.717) is 38.9 Å². The zero-order valence-corrected chi connectivity index (χ0v) is 15.6. The number of nitrogens with zero attached hydrogens (tertiary/aromatic N) is 2.